The highest BCUT2D eigenvalue weighted by atomic mass is 32.1. The van der Waals surface area contributed by atoms with Gasteiger partial charge in [-0.05, 0) is 41.5 Å². The van der Waals surface area contributed by atoms with E-state index in [0.717, 1.165) is 16.3 Å². The highest BCUT2D eigenvalue weighted by molar-refractivity contribution is 7.11. The van der Waals surface area contributed by atoms with Gasteiger partial charge in [0.25, 0.3) is 0 Å². The maximum absolute atomic E-state index is 9.12. The highest BCUT2D eigenvalue weighted by Gasteiger charge is 2.16. The lowest BCUT2D eigenvalue weighted by Crippen LogP contribution is -2.12. The lowest BCUT2D eigenvalue weighted by atomic mass is 9.83. The van der Waals surface area contributed by atoms with Crippen molar-refractivity contribution in [2.45, 2.75) is 53.1 Å². The number of hydrogen-bond acceptors (Lipinski definition) is 3. The van der Waals surface area contributed by atoms with Gasteiger partial charge in [-0.2, -0.15) is 0 Å². The van der Waals surface area contributed by atoms with Crippen LogP contribution < -0.4 is 0 Å². The Morgan fingerprint density at radius 2 is 1.75 bits per heavy atom. The molecule has 2 nitrogen and oxygen atoms in total. The molecule has 0 saturated heterocycles. The molecule has 2 rings (SSSR count). The zero-order valence-electron chi connectivity index (χ0n) is 12.9. The maximum atomic E-state index is 9.12. The number of aromatic nitrogens is 1. The summed E-state index contributed by atoms with van der Waals surface area (Å²) in [7, 11) is 0. The van der Waals surface area contributed by atoms with Crippen LogP contribution in [0.1, 0.15) is 52.9 Å². The average Bonchev–Trinajstić information content (AvgIpc) is 2.80. The second-order valence-corrected chi connectivity index (χ2v) is 7.59. The number of nitrogens with zero attached hydrogens (tertiary/aromatic N) is 1. The topological polar surface area (TPSA) is 33.1 Å². The van der Waals surface area contributed by atoms with Gasteiger partial charge >= 0.3 is 0 Å². The van der Waals surface area contributed by atoms with Crippen molar-refractivity contribution in [2.24, 2.45) is 0 Å². The van der Waals surface area contributed by atoms with Gasteiger partial charge in [0.1, 0.15) is 0 Å². The number of benzene rings is 1. The van der Waals surface area contributed by atoms with Crippen LogP contribution in [0.2, 0.25) is 0 Å². The number of hydrogen-bond donors (Lipinski definition) is 1. The van der Waals surface area contributed by atoms with Crippen molar-refractivity contribution in [1.29, 1.82) is 0 Å². The van der Waals surface area contributed by atoms with Crippen LogP contribution in [0.4, 0.5) is 0 Å². The summed E-state index contributed by atoms with van der Waals surface area (Å²) in [5.74, 6) is 0. The zero-order chi connectivity index (χ0) is 14.9. The summed E-state index contributed by atoms with van der Waals surface area (Å²) in [5, 5.41) is 10.2. The second-order valence-electron chi connectivity index (χ2n) is 6.39. The second kappa shape index (κ2) is 5.66. The molecule has 0 unspecified atom stereocenters. The Kier molecular flexibility index (Phi) is 4.31. The Hall–Kier alpha value is -1.19. The van der Waals surface area contributed by atoms with Crippen LogP contribution in [0.5, 0.6) is 0 Å². The molecule has 0 amide bonds. The number of aryl methyl sites for hydroxylation is 2. The van der Waals surface area contributed by atoms with Crippen molar-refractivity contribution in [1.82, 2.24) is 4.98 Å². The fourth-order valence-electron chi connectivity index (χ4n) is 2.36. The summed E-state index contributed by atoms with van der Waals surface area (Å²) in [6.07, 6.45) is 2.63. The molecular formula is C17H23NOS. The van der Waals surface area contributed by atoms with E-state index in [4.69, 9.17) is 5.11 Å². The van der Waals surface area contributed by atoms with E-state index in [1.54, 1.807) is 17.5 Å². The van der Waals surface area contributed by atoms with Crippen molar-refractivity contribution in [2.75, 3.05) is 0 Å². The predicted octanol–water partition coefficient (Wildman–Crippen LogP) is 4.14. The average molecular weight is 289 g/mol. The largest absolute Gasteiger partial charge is 0.391 e. The Morgan fingerprint density at radius 3 is 2.20 bits per heavy atom. The summed E-state index contributed by atoms with van der Waals surface area (Å²) >= 11 is 1.59. The Balaban J connectivity index is 2.33. The van der Waals surface area contributed by atoms with E-state index in [2.05, 4.69) is 51.7 Å². The van der Waals surface area contributed by atoms with Crippen molar-refractivity contribution < 1.29 is 5.11 Å². The van der Waals surface area contributed by atoms with E-state index in [9.17, 15) is 0 Å². The van der Waals surface area contributed by atoms with Crippen molar-refractivity contribution in [3.8, 4) is 0 Å². The predicted molar refractivity (Wildman–Crippen MR) is 85.5 cm³/mol. The van der Waals surface area contributed by atoms with E-state index >= 15 is 0 Å². The summed E-state index contributed by atoms with van der Waals surface area (Å²) in [6.45, 7) is 11.2. The minimum Gasteiger partial charge on any atom is -0.391 e. The van der Waals surface area contributed by atoms with Crippen LogP contribution in [-0.2, 0) is 18.4 Å². The van der Waals surface area contributed by atoms with Crippen LogP contribution in [-0.4, -0.2) is 10.1 Å². The first-order valence-electron chi connectivity index (χ1n) is 6.96. The first-order valence-corrected chi connectivity index (χ1v) is 7.78. The van der Waals surface area contributed by atoms with Crippen molar-refractivity contribution in [3.05, 3.63) is 50.5 Å². The third-order valence-electron chi connectivity index (χ3n) is 3.65. The summed E-state index contributed by atoms with van der Waals surface area (Å²) in [4.78, 5) is 5.33. The molecule has 0 aliphatic carbocycles. The SMILES string of the molecule is Cc1cc(C(C)(C)C)cc(C)c1Cc1ncc(CO)s1. The van der Waals surface area contributed by atoms with E-state index in [1.165, 1.54) is 22.3 Å². The fraction of sp³-hybridized carbons (Fsp3) is 0.471. The molecule has 1 N–H and O–H groups in total. The molecule has 108 valence electrons. The number of thiazole rings is 1. The lowest BCUT2D eigenvalue weighted by Gasteiger charge is -2.22. The minimum atomic E-state index is 0.0819. The van der Waals surface area contributed by atoms with E-state index in [1.807, 2.05) is 0 Å². The highest BCUT2D eigenvalue weighted by Crippen LogP contribution is 2.28. The van der Waals surface area contributed by atoms with E-state index in [0.29, 0.717) is 0 Å². The van der Waals surface area contributed by atoms with Gasteiger partial charge in [-0.1, -0.05) is 32.9 Å². The molecule has 1 aromatic carbocycles. The smallest absolute Gasteiger partial charge is 0.0972 e. The first-order chi connectivity index (χ1) is 9.31. The van der Waals surface area contributed by atoms with Gasteiger partial charge < -0.3 is 5.11 Å². The molecule has 0 saturated carbocycles. The number of rotatable bonds is 3. The number of aliphatic hydroxyl groups excluding tert-OH is 1. The van der Waals surface area contributed by atoms with Gasteiger partial charge in [0, 0.05) is 12.6 Å². The molecule has 0 radical (unpaired) electrons. The van der Waals surface area contributed by atoms with Gasteiger partial charge in [0.15, 0.2) is 0 Å². The van der Waals surface area contributed by atoms with Crippen LogP contribution in [0, 0.1) is 13.8 Å². The molecule has 0 aliphatic heterocycles. The molecule has 0 aliphatic rings. The Labute approximate surface area is 125 Å². The summed E-state index contributed by atoms with van der Waals surface area (Å²) < 4.78 is 0. The van der Waals surface area contributed by atoms with Gasteiger partial charge in [-0.15, -0.1) is 11.3 Å². The van der Waals surface area contributed by atoms with Gasteiger partial charge in [-0.3, -0.25) is 0 Å². The standard InChI is InChI=1S/C17H23NOS/c1-11-6-13(17(3,4)5)7-12(2)15(11)8-16-18-9-14(10-19)20-16/h6-7,9,19H,8,10H2,1-5H3. The molecule has 1 heterocycles. The normalized spacial score (nSPS) is 11.9. The van der Waals surface area contributed by atoms with Crippen LogP contribution in [0.3, 0.4) is 0 Å². The molecule has 0 atom stereocenters. The van der Waals surface area contributed by atoms with Crippen molar-refractivity contribution >= 4 is 11.3 Å². The van der Waals surface area contributed by atoms with Gasteiger partial charge in [0.05, 0.1) is 16.5 Å². The van der Waals surface area contributed by atoms with Crippen LogP contribution in [0.25, 0.3) is 0 Å². The quantitative estimate of drug-likeness (QED) is 0.921. The summed E-state index contributed by atoms with van der Waals surface area (Å²) in [5.41, 5.74) is 5.58. The molecule has 0 bridgehead atoms. The molecule has 20 heavy (non-hydrogen) atoms. The zero-order valence-corrected chi connectivity index (χ0v) is 13.8. The van der Waals surface area contributed by atoms with Gasteiger partial charge in [-0.25, -0.2) is 4.98 Å². The van der Waals surface area contributed by atoms with Crippen LogP contribution >= 0.6 is 11.3 Å². The maximum Gasteiger partial charge on any atom is 0.0972 e. The van der Waals surface area contributed by atoms with E-state index < -0.39 is 0 Å². The molecule has 1 aromatic heterocycles. The third kappa shape index (κ3) is 3.28. The minimum absolute atomic E-state index is 0.0819. The first kappa shape index (κ1) is 15.2. The van der Waals surface area contributed by atoms with Crippen molar-refractivity contribution in [3.63, 3.8) is 0 Å². The Morgan fingerprint density at radius 1 is 1.15 bits per heavy atom. The molecule has 3 heteroatoms. The number of aliphatic hydroxyl groups is 1. The molecule has 0 spiro atoms. The Bertz CT molecular complexity index is 585. The lowest BCUT2D eigenvalue weighted by molar-refractivity contribution is 0.285. The molecule has 2 aromatic rings. The molecule has 0 fully saturated rings. The summed E-state index contributed by atoms with van der Waals surface area (Å²) in [6, 6.07) is 4.59. The van der Waals surface area contributed by atoms with E-state index in [-0.39, 0.29) is 12.0 Å². The molecular weight excluding hydrogens is 266 g/mol. The third-order valence-corrected chi connectivity index (χ3v) is 4.63. The fourth-order valence-corrected chi connectivity index (χ4v) is 3.15. The van der Waals surface area contributed by atoms with Gasteiger partial charge in [0.2, 0.25) is 0 Å². The monoisotopic (exact) mass is 289 g/mol. The van der Waals surface area contributed by atoms with Crippen LogP contribution in [0.15, 0.2) is 18.3 Å².